The molecule has 0 amide bonds. The first-order valence-corrected chi connectivity index (χ1v) is 8.85. The van der Waals surface area contributed by atoms with Gasteiger partial charge in [0.15, 0.2) is 0 Å². The molecule has 0 nitrogen and oxygen atoms in total. The zero-order valence-electron chi connectivity index (χ0n) is 13.1. The smallest absolute Gasteiger partial charge is 0.418 e. The Balaban J connectivity index is 0.000000462. The van der Waals surface area contributed by atoms with Crippen LogP contribution in [-0.4, -0.2) is 7.25 Å². The maximum atomic E-state index is 9.75. The van der Waals surface area contributed by atoms with Gasteiger partial charge in [-0.25, -0.2) is 0 Å². The molecule has 0 saturated heterocycles. The van der Waals surface area contributed by atoms with Crippen molar-refractivity contribution in [1.82, 2.24) is 0 Å². The molecule has 0 heterocycles. The number of hydrogen-bond donors (Lipinski definition) is 0. The molecular weight excluding hydrogens is 531 g/mol. The summed E-state index contributed by atoms with van der Waals surface area (Å²) < 4.78 is 39.0. The molecule has 0 spiro atoms. The molecule has 3 rings (SSSR count). The first-order chi connectivity index (χ1) is 11.4. The summed E-state index contributed by atoms with van der Waals surface area (Å²) in [5, 5.41) is 4.31. The van der Waals surface area contributed by atoms with Crippen LogP contribution >= 0.6 is 7.92 Å². The van der Waals surface area contributed by atoms with Crippen molar-refractivity contribution >= 4 is 31.1 Å². The zero-order chi connectivity index (χ0) is 17.4. The molecule has 0 unspecified atom stereocenters. The maximum Gasteiger partial charge on any atom is 0.673 e. The first-order valence-electron chi connectivity index (χ1n) is 7.35. The van der Waals surface area contributed by atoms with Crippen molar-refractivity contribution in [1.29, 1.82) is 0 Å². The summed E-state index contributed by atoms with van der Waals surface area (Å²) in [4.78, 5) is 0. The van der Waals surface area contributed by atoms with Crippen LogP contribution in [-0.2, 0) is 22.4 Å². The second-order valence-corrected chi connectivity index (χ2v) is 7.45. The number of rotatable bonds is 3. The second kappa shape index (κ2) is 10.6. The third-order valence-electron chi connectivity index (χ3n) is 3.19. The standard InChI is InChI=1S/C18H15P.Au.BF4/c1-4-10-16(11-5-1)19(17-12-6-2-7-13-17)18-14-8-3-9-15-18;;2-1(3,4)5/h1-15H;;/q;;-1/p+1. The molecule has 0 aliphatic heterocycles. The van der Waals surface area contributed by atoms with Crippen LogP contribution in [0.2, 0.25) is 0 Å². The monoisotopic (exact) mass is 547 g/mol. The molecule has 0 bridgehead atoms. The first kappa shape index (κ1) is 21.7. The van der Waals surface area contributed by atoms with Gasteiger partial charge in [-0.1, -0.05) is 54.6 Å². The third kappa shape index (κ3) is 8.02. The van der Waals surface area contributed by atoms with E-state index in [1.165, 1.54) is 15.9 Å². The van der Waals surface area contributed by atoms with E-state index >= 15 is 0 Å². The van der Waals surface area contributed by atoms with Gasteiger partial charge in [-0.3, -0.25) is 0 Å². The summed E-state index contributed by atoms with van der Waals surface area (Å²) in [6.07, 6.45) is 0. The van der Waals surface area contributed by atoms with Gasteiger partial charge in [0.1, 0.15) is 15.9 Å². The molecule has 0 atom stereocenters. The Hall–Kier alpha value is -1.38. The molecule has 0 saturated carbocycles. The van der Waals surface area contributed by atoms with Crippen molar-refractivity contribution in [2.24, 2.45) is 0 Å². The van der Waals surface area contributed by atoms with E-state index in [1.54, 1.807) is 0 Å². The van der Waals surface area contributed by atoms with Gasteiger partial charge in [0.05, 0.1) is 7.92 Å². The molecule has 0 aliphatic rings. The van der Waals surface area contributed by atoms with Crippen molar-refractivity contribution in [3.05, 3.63) is 91.0 Å². The Morgan fingerprint density at radius 1 is 0.480 bits per heavy atom. The molecule has 0 aromatic heterocycles. The molecule has 0 fully saturated rings. The Morgan fingerprint density at radius 2 is 0.680 bits per heavy atom. The fourth-order valence-electron chi connectivity index (χ4n) is 2.31. The SMILES string of the molecule is F[B-](F)(F)F.[Au].c1ccc([PH+](c2ccccc2)c2ccccc2)cc1. The second-order valence-electron chi connectivity index (χ2n) is 4.97. The average Bonchev–Trinajstić information content (AvgIpc) is 2.57. The Bertz CT molecular complexity index is 624. The van der Waals surface area contributed by atoms with Gasteiger partial charge in [-0.15, -0.1) is 0 Å². The van der Waals surface area contributed by atoms with E-state index in [0.717, 1.165) is 0 Å². The van der Waals surface area contributed by atoms with Crippen LogP contribution in [0.25, 0.3) is 0 Å². The van der Waals surface area contributed by atoms with Gasteiger partial charge < -0.3 is 17.3 Å². The molecule has 0 aliphatic carbocycles. The Kier molecular flexibility index (Phi) is 9.16. The van der Waals surface area contributed by atoms with Crippen molar-refractivity contribution in [2.45, 2.75) is 0 Å². The van der Waals surface area contributed by atoms with E-state index in [9.17, 15) is 17.3 Å². The minimum absolute atomic E-state index is 0. The number of halogens is 4. The predicted octanol–water partition coefficient (Wildman–Crippen LogP) is 4.47. The normalized spacial score (nSPS) is 10.4. The molecule has 3 aromatic carbocycles. The quantitative estimate of drug-likeness (QED) is 0.258. The molecule has 0 N–H and O–H groups in total. The van der Waals surface area contributed by atoms with E-state index in [2.05, 4.69) is 91.0 Å². The van der Waals surface area contributed by atoms with Crippen LogP contribution in [0.4, 0.5) is 17.3 Å². The van der Waals surface area contributed by atoms with E-state index in [-0.39, 0.29) is 22.4 Å². The molecule has 135 valence electrons. The van der Waals surface area contributed by atoms with E-state index in [0.29, 0.717) is 0 Å². The minimum Gasteiger partial charge on any atom is -0.418 e. The molecule has 7 heteroatoms. The Labute approximate surface area is 161 Å². The van der Waals surface area contributed by atoms with Crippen molar-refractivity contribution in [3.63, 3.8) is 0 Å². The molecule has 1 radical (unpaired) electrons. The van der Waals surface area contributed by atoms with E-state index < -0.39 is 15.2 Å². The molecule has 3 aromatic rings. The van der Waals surface area contributed by atoms with Crippen LogP contribution in [0, 0.1) is 0 Å². The van der Waals surface area contributed by atoms with Gasteiger partial charge in [-0.05, 0) is 36.4 Å². The molecule has 25 heavy (non-hydrogen) atoms. The summed E-state index contributed by atoms with van der Waals surface area (Å²) in [6.45, 7) is 0. The van der Waals surface area contributed by atoms with Crippen LogP contribution in [0.3, 0.4) is 0 Å². The van der Waals surface area contributed by atoms with Crippen LogP contribution < -0.4 is 15.9 Å². The summed E-state index contributed by atoms with van der Waals surface area (Å²) in [5.74, 6) is 0. The van der Waals surface area contributed by atoms with Crippen LogP contribution in [0.1, 0.15) is 0 Å². The van der Waals surface area contributed by atoms with Gasteiger partial charge in [0.25, 0.3) is 0 Å². The van der Waals surface area contributed by atoms with Crippen molar-refractivity contribution in [2.75, 3.05) is 0 Å². The Morgan fingerprint density at radius 3 is 0.880 bits per heavy atom. The summed E-state index contributed by atoms with van der Waals surface area (Å²) >= 11 is 0. The average molecular weight is 547 g/mol. The predicted molar refractivity (Wildman–Crippen MR) is 96.7 cm³/mol. The van der Waals surface area contributed by atoms with Crippen molar-refractivity contribution in [3.8, 4) is 0 Å². The summed E-state index contributed by atoms with van der Waals surface area (Å²) in [6, 6.07) is 32.5. The van der Waals surface area contributed by atoms with E-state index in [1.807, 2.05) is 0 Å². The fraction of sp³-hybridized carbons (Fsp3) is 0. The van der Waals surface area contributed by atoms with Gasteiger partial charge in [0.2, 0.25) is 0 Å². The van der Waals surface area contributed by atoms with Crippen LogP contribution in [0.5, 0.6) is 0 Å². The van der Waals surface area contributed by atoms with Gasteiger partial charge >= 0.3 is 7.25 Å². The van der Waals surface area contributed by atoms with Gasteiger partial charge in [0, 0.05) is 22.4 Å². The van der Waals surface area contributed by atoms with E-state index in [4.69, 9.17) is 0 Å². The number of hydrogen-bond acceptors (Lipinski definition) is 0. The molecular formula is C18H16AuBF4P. The summed E-state index contributed by atoms with van der Waals surface area (Å²) in [5.41, 5.74) is 0. The zero-order valence-corrected chi connectivity index (χ0v) is 16.2. The van der Waals surface area contributed by atoms with Crippen LogP contribution in [0.15, 0.2) is 91.0 Å². The summed E-state index contributed by atoms with van der Waals surface area (Å²) in [7, 11) is -6.88. The topological polar surface area (TPSA) is 0 Å². The maximum absolute atomic E-state index is 9.75. The number of benzene rings is 3. The minimum atomic E-state index is -6.00. The fourth-order valence-corrected chi connectivity index (χ4v) is 4.89. The third-order valence-corrected chi connectivity index (χ3v) is 5.92. The van der Waals surface area contributed by atoms with Crippen molar-refractivity contribution < 1.29 is 39.6 Å². The largest absolute Gasteiger partial charge is 0.673 e. The van der Waals surface area contributed by atoms with Gasteiger partial charge in [-0.2, -0.15) is 0 Å².